The van der Waals surface area contributed by atoms with Crippen LogP contribution in [0.4, 0.5) is 0 Å². The molecule has 1 amide bonds. The summed E-state index contributed by atoms with van der Waals surface area (Å²) in [7, 11) is 5.70. The van der Waals surface area contributed by atoms with Crippen molar-refractivity contribution in [3.63, 3.8) is 0 Å². The van der Waals surface area contributed by atoms with E-state index >= 15 is 0 Å². The number of guanidine groups is 1. The summed E-state index contributed by atoms with van der Waals surface area (Å²) in [6.07, 6.45) is 0.536. The Kier molecular flexibility index (Phi) is 2.12. The van der Waals surface area contributed by atoms with Crippen molar-refractivity contribution < 1.29 is 4.79 Å². The Morgan fingerprint density at radius 1 is 1.55 bits per heavy atom. The first-order valence-electron chi connectivity index (χ1n) is 3.61. The molecule has 0 radical (unpaired) electrons. The van der Waals surface area contributed by atoms with E-state index < -0.39 is 0 Å². The minimum Gasteiger partial charge on any atom is -0.349 e. The quantitative estimate of drug-likeness (QED) is 0.484. The van der Waals surface area contributed by atoms with Crippen LogP contribution in [0.1, 0.15) is 6.42 Å². The van der Waals surface area contributed by atoms with E-state index in [4.69, 9.17) is 0 Å². The van der Waals surface area contributed by atoms with E-state index in [-0.39, 0.29) is 5.91 Å². The number of amides is 1. The molecule has 4 heteroatoms. The fourth-order valence-electron chi connectivity index (χ4n) is 1.06. The minimum atomic E-state index is -0.0215. The number of aliphatic imine (C=N–C) groups is 1. The van der Waals surface area contributed by atoms with Crippen LogP contribution in [0.15, 0.2) is 4.99 Å². The van der Waals surface area contributed by atoms with Crippen LogP contribution in [0.5, 0.6) is 0 Å². The lowest BCUT2D eigenvalue weighted by molar-refractivity contribution is -0.118. The second-order valence-electron chi connectivity index (χ2n) is 2.87. The van der Waals surface area contributed by atoms with Crippen molar-refractivity contribution in [3.8, 4) is 0 Å². The van der Waals surface area contributed by atoms with Gasteiger partial charge in [-0.2, -0.15) is 4.99 Å². The summed E-state index contributed by atoms with van der Waals surface area (Å²) in [5.41, 5.74) is 0. The lowest BCUT2D eigenvalue weighted by Gasteiger charge is -2.28. The van der Waals surface area contributed by atoms with Crippen LogP contribution < -0.4 is 0 Å². The second-order valence-corrected chi connectivity index (χ2v) is 2.87. The van der Waals surface area contributed by atoms with Crippen LogP contribution in [-0.2, 0) is 4.79 Å². The molecule has 0 spiro atoms. The van der Waals surface area contributed by atoms with E-state index in [1.807, 2.05) is 30.9 Å². The molecule has 0 fully saturated rings. The van der Waals surface area contributed by atoms with E-state index in [9.17, 15) is 4.79 Å². The molecule has 62 valence electrons. The first-order valence-corrected chi connectivity index (χ1v) is 3.61. The fourth-order valence-corrected chi connectivity index (χ4v) is 1.06. The molecule has 1 aliphatic heterocycles. The average Bonchev–Trinajstić information content (AvgIpc) is 1.94. The van der Waals surface area contributed by atoms with Gasteiger partial charge in [0, 0.05) is 34.1 Å². The molecule has 0 aromatic carbocycles. The number of carbonyl (C=O) groups is 1. The number of rotatable bonds is 0. The van der Waals surface area contributed by atoms with Gasteiger partial charge in [-0.25, -0.2) is 0 Å². The zero-order valence-corrected chi connectivity index (χ0v) is 7.16. The molecule has 4 nitrogen and oxygen atoms in total. The molecule has 0 bridgehead atoms. The van der Waals surface area contributed by atoms with Gasteiger partial charge in [-0.3, -0.25) is 4.79 Å². The summed E-state index contributed by atoms with van der Waals surface area (Å²) < 4.78 is 0. The van der Waals surface area contributed by atoms with Crippen molar-refractivity contribution >= 4 is 11.9 Å². The number of carbonyl (C=O) groups excluding carboxylic acids is 1. The van der Waals surface area contributed by atoms with Gasteiger partial charge >= 0.3 is 0 Å². The first kappa shape index (κ1) is 8.04. The minimum absolute atomic E-state index is 0.0215. The predicted octanol–water partition coefficient (Wildman–Crippen LogP) is -0.234. The van der Waals surface area contributed by atoms with Crippen LogP contribution in [-0.4, -0.2) is 49.4 Å². The molecule has 0 saturated carbocycles. The van der Waals surface area contributed by atoms with Crippen LogP contribution in [0.2, 0.25) is 0 Å². The standard InChI is InChI=1S/C7H13N3O/c1-9(2)7-8-6(11)4-5-10(7)3/h4-5H2,1-3H3. The van der Waals surface area contributed by atoms with E-state index in [0.717, 1.165) is 12.5 Å². The Morgan fingerprint density at radius 2 is 2.18 bits per heavy atom. The SMILES string of the molecule is CN(C)C1=NC(=O)CCN1C. The van der Waals surface area contributed by atoms with Crippen molar-refractivity contribution in [2.24, 2.45) is 4.99 Å². The predicted molar refractivity (Wildman–Crippen MR) is 43.4 cm³/mol. The third kappa shape index (κ3) is 1.69. The van der Waals surface area contributed by atoms with Crippen molar-refractivity contribution in [1.82, 2.24) is 9.80 Å². The van der Waals surface area contributed by atoms with Crippen molar-refractivity contribution in [1.29, 1.82) is 0 Å². The molecule has 0 atom stereocenters. The van der Waals surface area contributed by atoms with E-state index in [0.29, 0.717) is 6.42 Å². The molecule has 11 heavy (non-hydrogen) atoms. The molecular formula is C7H13N3O. The molecule has 1 aliphatic rings. The molecular weight excluding hydrogens is 142 g/mol. The first-order chi connectivity index (χ1) is 5.11. The monoisotopic (exact) mass is 155 g/mol. The zero-order chi connectivity index (χ0) is 8.43. The lowest BCUT2D eigenvalue weighted by atomic mass is 10.3. The normalized spacial score (nSPS) is 18.3. The number of hydrogen-bond acceptors (Lipinski definition) is 3. The van der Waals surface area contributed by atoms with Crippen LogP contribution in [0, 0.1) is 0 Å². The van der Waals surface area contributed by atoms with Gasteiger partial charge in [0.05, 0.1) is 0 Å². The Bertz CT molecular complexity index is 198. The maximum absolute atomic E-state index is 10.9. The third-order valence-electron chi connectivity index (χ3n) is 1.63. The van der Waals surface area contributed by atoms with Gasteiger partial charge < -0.3 is 9.80 Å². The van der Waals surface area contributed by atoms with Gasteiger partial charge in [-0.15, -0.1) is 0 Å². The summed E-state index contributed by atoms with van der Waals surface area (Å²) in [6, 6.07) is 0. The second kappa shape index (κ2) is 2.90. The highest BCUT2D eigenvalue weighted by atomic mass is 16.1. The van der Waals surface area contributed by atoms with Gasteiger partial charge in [0.15, 0.2) is 0 Å². The highest BCUT2D eigenvalue weighted by Crippen LogP contribution is 2.02. The number of nitrogens with zero attached hydrogens (tertiary/aromatic N) is 3. The fraction of sp³-hybridized carbons (Fsp3) is 0.714. The molecule has 1 heterocycles. The van der Waals surface area contributed by atoms with E-state index in [2.05, 4.69) is 4.99 Å². The molecule has 0 N–H and O–H groups in total. The van der Waals surface area contributed by atoms with E-state index in [1.54, 1.807) is 0 Å². The average molecular weight is 155 g/mol. The molecule has 0 aromatic rings. The summed E-state index contributed by atoms with van der Waals surface area (Å²) in [5, 5.41) is 0. The molecule has 0 unspecified atom stereocenters. The van der Waals surface area contributed by atoms with Gasteiger partial charge in [0.1, 0.15) is 0 Å². The topological polar surface area (TPSA) is 35.9 Å². The van der Waals surface area contributed by atoms with Crippen LogP contribution in [0.25, 0.3) is 0 Å². The largest absolute Gasteiger partial charge is 0.349 e. The summed E-state index contributed by atoms with van der Waals surface area (Å²) in [5.74, 6) is 0.730. The van der Waals surface area contributed by atoms with E-state index in [1.165, 1.54) is 0 Å². The van der Waals surface area contributed by atoms with Gasteiger partial charge in [0.25, 0.3) is 5.91 Å². The van der Waals surface area contributed by atoms with Gasteiger partial charge in [-0.1, -0.05) is 0 Å². The lowest BCUT2D eigenvalue weighted by Crippen LogP contribution is -2.42. The van der Waals surface area contributed by atoms with Gasteiger partial charge in [0.2, 0.25) is 5.96 Å². The maximum atomic E-state index is 10.9. The van der Waals surface area contributed by atoms with Crippen molar-refractivity contribution in [3.05, 3.63) is 0 Å². The highest BCUT2D eigenvalue weighted by Gasteiger charge is 2.17. The highest BCUT2D eigenvalue weighted by molar-refractivity contribution is 5.95. The smallest absolute Gasteiger partial charge is 0.250 e. The number of hydrogen-bond donors (Lipinski definition) is 0. The van der Waals surface area contributed by atoms with Crippen LogP contribution >= 0.6 is 0 Å². The Labute approximate surface area is 66.5 Å². The van der Waals surface area contributed by atoms with Gasteiger partial charge in [-0.05, 0) is 0 Å². The molecule has 1 rings (SSSR count). The summed E-state index contributed by atoms with van der Waals surface area (Å²) >= 11 is 0. The molecule has 0 aromatic heterocycles. The Balaban J connectivity index is 2.79. The Morgan fingerprint density at radius 3 is 2.64 bits per heavy atom. The maximum Gasteiger partial charge on any atom is 0.250 e. The summed E-state index contributed by atoms with van der Waals surface area (Å²) in [4.78, 5) is 18.6. The van der Waals surface area contributed by atoms with Crippen molar-refractivity contribution in [2.75, 3.05) is 27.7 Å². The van der Waals surface area contributed by atoms with Crippen LogP contribution in [0.3, 0.4) is 0 Å². The zero-order valence-electron chi connectivity index (χ0n) is 7.16. The Hall–Kier alpha value is -1.06. The third-order valence-corrected chi connectivity index (χ3v) is 1.63. The molecule has 0 saturated heterocycles. The van der Waals surface area contributed by atoms with Crippen molar-refractivity contribution in [2.45, 2.75) is 6.42 Å². The summed E-state index contributed by atoms with van der Waals surface area (Å²) in [6.45, 7) is 0.774. The molecule has 0 aliphatic carbocycles.